The molecule has 2 fully saturated rings. The summed E-state index contributed by atoms with van der Waals surface area (Å²) in [6, 6.07) is 7.74. The summed E-state index contributed by atoms with van der Waals surface area (Å²) in [6.45, 7) is 7.28. The van der Waals surface area contributed by atoms with Gasteiger partial charge in [-0.05, 0) is 68.7 Å². The van der Waals surface area contributed by atoms with Crippen molar-refractivity contribution in [3.8, 4) is 0 Å². The predicted molar refractivity (Wildman–Crippen MR) is 127 cm³/mol. The smallest absolute Gasteiger partial charge is 0.306 e. The first-order chi connectivity index (χ1) is 15.4. The quantitative estimate of drug-likeness (QED) is 0.364. The van der Waals surface area contributed by atoms with Crippen molar-refractivity contribution in [1.29, 1.82) is 5.41 Å². The van der Waals surface area contributed by atoms with Crippen LogP contribution in [-0.2, 0) is 14.3 Å². The third-order valence-corrected chi connectivity index (χ3v) is 6.98. The molecule has 0 radical (unpaired) electrons. The van der Waals surface area contributed by atoms with Crippen LogP contribution in [0.4, 0.5) is 5.69 Å². The Balaban J connectivity index is 1.41. The molecule has 2 aliphatic heterocycles. The van der Waals surface area contributed by atoms with E-state index in [4.69, 9.17) is 15.9 Å². The molecular weight excluding hydrogens is 404 g/mol. The number of ether oxygens (including phenoxy) is 1. The van der Waals surface area contributed by atoms with E-state index in [1.165, 1.54) is 0 Å². The zero-order valence-corrected chi connectivity index (χ0v) is 19.5. The molecule has 0 aliphatic carbocycles. The number of benzene rings is 1. The first kappa shape index (κ1) is 24.1. The second-order valence-corrected chi connectivity index (χ2v) is 9.12. The minimum Gasteiger partial charge on any atom is -0.462 e. The summed E-state index contributed by atoms with van der Waals surface area (Å²) >= 11 is 0. The Hall–Kier alpha value is -2.57. The van der Waals surface area contributed by atoms with Crippen LogP contribution in [0.5, 0.6) is 0 Å². The van der Waals surface area contributed by atoms with Crippen LogP contribution in [0.2, 0.25) is 0 Å². The standard InChI is InChI=1S/C25H38N4O3/c1-3-22(4-2)32-23(30)17-18-9-13-29(14-10-18)25(31)20-11-15-28(16-12-20)21-7-5-19(6-8-21)24(26)27/h5-8,18,20,22H,3-4,9-17H2,1-2H3,(H3,26,27). The normalized spacial score (nSPS) is 18.1. The maximum Gasteiger partial charge on any atom is 0.306 e. The highest BCUT2D eigenvalue weighted by Gasteiger charge is 2.31. The fourth-order valence-electron chi connectivity index (χ4n) is 4.78. The number of nitrogen functional groups attached to an aromatic ring is 1. The van der Waals surface area contributed by atoms with Crippen molar-refractivity contribution in [2.75, 3.05) is 31.1 Å². The van der Waals surface area contributed by atoms with Gasteiger partial charge >= 0.3 is 5.97 Å². The van der Waals surface area contributed by atoms with Gasteiger partial charge in [-0.25, -0.2) is 0 Å². The topological polar surface area (TPSA) is 99.7 Å². The molecule has 176 valence electrons. The van der Waals surface area contributed by atoms with E-state index in [9.17, 15) is 9.59 Å². The zero-order valence-electron chi connectivity index (χ0n) is 19.5. The Morgan fingerprint density at radius 3 is 2.16 bits per heavy atom. The number of hydrogen-bond donors (Lipinski definition) is 2. The van der Waals surface area contributed by atoms with Crippen molar-refractivity contribution in [3.05, 3.63) is 29.8 Å². The number of esters is 1. The molecule has 7 nitrogen and oxygen atoms in total. The Morgan fingerprint density at radius 1 is 1.03 bits per heavy atom. The molecule has 0 spiro atoms. The number of piperidine rings is 2. The van der Waals surface area contributed by atoms with E-state index in [1.54, 1.807) is 0 Å². The van der Waals surface area contributed by atoms with Crippen molar-refractivity contribution in [2.24, 2.45) is 17.6 Å². The molecule has 0 atom stereocenters. The zero-order chi connectivity index (χ0) is 23.1. The van der Waals surface area contributed by atoms with Gasteiger partial charge in [0.2, 0.25) is 5.91 Å². The molecule has 1 aromatic carbocycles. The van der Waals surface area contributed by atoms with Gasteiger partial charge in [0.1, 0.15) is 11.9 Å². The molecule has 1 aromatic rings. The van der Waals surface area contributed by atoms with E-state index in [1.807, 2.05) is 43.0 Å². The first-order valence-electron chi connectivity index (χ1n) is 12.1. The summed E-state index contributed by atoms with van der Waals surface area (Å²) in [5.74, 6) is 0.661. The summed E-state index contributed by atoms with van der Waals surface area (Å²) in [5, 5.41) is 7.51. The van der Waals surface area contributed by atoms with E-state index in [2.05, 4.69) is 4.90 Å². The van der Waals surface area contributed by atoms with Gasteiger partial charge in [-0.15, -0.1) is 0 Å². The summed E-state index contributed by atoms with van der Waals surface area (Å²) in [6.07, 6.45) is 5.69. The Kier molecular flexibility index (Phi) is 8.53. The third kappa shape index (κ3) is 6.24. The molecule has 0 aromatic heterocycles. The monoisotopic (exact) mass is 442 g/mol. The largest absolute Gasteiger partial charge is 0.462 e. The molecule has 0 bridgehead atoms. The van der Waals surface area contributed by atoms with E-state index in [-0.39, 0.29) is 29.7 Å². The van der Waals surface area contributed by atoms with Crippen molar-refractivity contribution < 1.29 is 14.3 Å². The highest BCUT2D eigenvalue weighted by atomic mass is 16.5. The molecule has 3 rings (SSSR count). The number of anilines is 1. The molecule has 3 N–H and O–H groups in total. The predicted octanol–water partition coefficient (Wildman–Crippen LogP) is 3.55. The molecule has 0 unspecified atom stereocenters. The van der Waals surface area contributed by atoms with Gasteiger partial charge in [0.15, 0.2) is 0 Å². The Morgan fingerprint density at radius 2 is 1.62 bits per heavy atom. The third-order valence-electron chi connectivity index (χ3n) is 6.98. The van der Waals surface area contributed by atoms with Gasteiger partial charge in [0, 0.05) is 49.8 Å². The average Bonchev–Trinajstić information content (AvgIpc) is 2.82. The van der Waals surface area contributed by atoms with Crippen molar-refractivity contribution >= 4 is 23.4 Å². The van der Waals surface area contributed by atoms with Gasteiger partial charge < -0.3 is 20.3 Å². The Bertz CT molecular complexity index is 775. The van der Waals surface area contributed by atoms with Crippen LogP contribution in [-0.4, -0.2) is 54.9 Å². The highest BCUT2D eigenvalue weighted by molar-refractivity contribution is 5.95. The fraction of sp³-hybridized carbons (Fsp3) is 0.640. The summed E-state index contributed by atoms with van der Waals surface area (Å²) in [5.41, 5.74) is 7.37. The highest BCUT2D eigenvalue weighted by Crippen LogP contribution is 2.28. The molecule has 2 aliphatic rings. The molecule has 1 amide bonds. The van der Waals surface area contributed by atoms with Gasteiger partial charge in [0.25, 0.3) is 0 Å². The summed E-state index contributed by atoms with van der Waals surface area (Å²) in [7, 11) is 0. The maximum absolute atomic E-state index is 13.0. The van der Waals surface area contributed by atoms with Crippen molar-refractivity contribution in [2.45, 2.75) is 64.9 Å². The van der Waals surface area contributed by atoms with Crippen molar-refractivity contribution in [3.63, 3.8) is 0 Å². The van der Waals surface area contributed by atoms with Crippen LogP contribution in [0.1, 0.15) is 64.4 Å². The lowest BCUT2D eigenvalue weighted by atomic mass is 9.90. The molecular formula is C25H38N4O3. The first-order valence-corrected chi connectivity index (χ1v) is 12.1. The molecule has 2 heterocycles. The summed E-state index contributed by atoms with van der Waals surface area (Å²) < 4.78 is 5.54. The molecule has 7 heteroatoms. The van der Waals surface area contributed by atoms with E-state index >= 15 is 0 Å². The second kappa shape index (κ2) is 11.3. The van der Waals surface area contributed by atoms with Crippen LogP contribution in [0.3, 0.4) is 0 Å². The minimum atomic E-state index is -0.0906. The molecule has 0 saturated carbocycles. The van der Waals surface area contributed by atoms with Crippen LogP contribution in [0, 0.1) is 17.2 Å². The van der Waals surface area contributed by atoms with Gasteiger partial charge in [-0.1, -0.05) is 13.8 Å². The number of amidine groups is 1. The maximum atomic E-state index is 13.0. The number of amides is 1. The fourth-order valence-corrected chi connectivity index (χ4v) is 4.78. The van der Waals surface area contributed by atoms with Crippen LogP contribution < -0.4 is 10.6 Å². The number of rotatable bonds is 8. The van der Waals surface area contributed by atoms with Gasteiger partial charge in [0.05, 0.1) is 0 Å². The number of nitrogens with one attached hydrogen (secondary N) is 1. The van der Waals surface area contributed by atoms with E-state index in [0.29, 0.717) is 12.3 Å². The Labute approximate surface area is 191 Å². The lowest BCUT2D eigenvalue weighted by molar-refractivity contribution is -0.151. The van der Waals surface area contributed by atoms with E-state index in [0.717, 1.165) is 76.0 Å². The number of hydrogen-bond acceptors (Lipinski definition) is 5. The number of carbonyl (C=O) groups is 2. The van der Waals surface area contributed by atoms with Crippen LogP contribution in [0.15, 0.2) is 24.3 Å². The van der Waals surface area contributed by atoms with Crippen molar-refractivity contribution in [1.82, 2.24) is 4.90 Å². The number of likely N-dealkylation sites (tertiary alicyclic amines) is 1. The van der Waals surface area contributed by atoms with Gasteiger partial charge in [-0.3, -0.25) is 15.0 Å². The SMILES string of the molecule is CCC(CC)OC(=O)CC1CCN(C(=O)C2CCN(c3ccc(C(=N)N)cc3)CC2)CC1. The van der Waals surface area contributed by atoms with E-state index < -0.39 is 0 Å². The number of carbonyl (C=O) groups excluding carboxylic acids is 2. The minimum absolute atomic E-state index is 0.0297. The van der Waals surface area contributed by atoms with Crippen LogP contribution >= 0.6 is 0 Å². The lowest BCUT2D eigenvalue weighted by Gasteiger charge is -2.38. The molecule has 2 saturated heterocycles. The molecule has 32 heavy (non-hydrogen) atoms. The lowest BCUT2D eigenvalue weighted by Crippen LogP contribution is -2.45. The number of nitrogens with two attached hydrogens (primary N) is 1. The average molecular weight is 443 g/mol. The van der Waals surface area contributed by atoms with Gasteiger partial charge in [-0.2, -0.15) is 0 Å². The number of nitrogens with zero attached hydrogens (tertiary/aromatic N) is 2. The van der Waals surface area contributed by atoms with Crippen LogP contribution in [0.25, 0.3) is 0 Å². The summed E-state index contributed by atoms with van der Waals surface area (Å²) in [4.78, 5) is 29.5. The second-order valence-electron chi connectivity index (χ2n) is 9.12.